The van der Waals surface area contributed by atoms with Crippen molar-refractivity contribution < 1.29 is 14.4 Å². The summed E-state index contributed by atoms with van der Waals surface area (Å²) in [5.41, 5.74) is 0.959. The van der Waals surface area contributed by atoms with Crippen LogP contribution >= 0.6 is 0 Å². The van der Waals surface area contributed by atoms with Crippen LogP contribution in [0.2, 0.25) is 0 Å². The molecule has 0 aromatic carbocycles. The summed E-state index contributed by atoms with van der Waals surface area (Å²) < 4.78 is 5.07. The lowest BCUT2D eigenvalue weighted by molar-refractivity contribution is -0.137. The number of unbranched alkanes of at least 4 members (excludes halogenated alkanes) is 1. The SMILES string of the molecule is Cc1cnc(-c2noc(CCCCC(=O)O)n2)nc1. The van der Waals surface area contributed by atoms with E-state index in [0.29, 0.717) is 36.8 Å². The maximum absolute atomic E-state index is 10.4. The molecule has 2 aromatic heterocycles. The van der Waals surface area contributed by atoms with E-state index in [0.717, 1.165) is 5.56 Å². The number of aryl methyl sites for hydroxylation is 2. The molecule has 1 N–H and O–H groups in total. The van der Waals surface area contributed by atoms with Crippen molar-refractivity contribution >= 4 is 5.97 Å². The summed E-state index contributed by atoms with van der Waals surface area (Å²) in [4.78, 5) is 22.8. The number of nitrogens with zero attached hydrogens (tertiary/aromatic N) is 4. The molecule has 0 spiro atoms. The molecule has 0 saturated carbocycles. The molecule has 0 unspecified atom stereocenters. The van der Waals surface area contributed by atoms with Crippen molar-refractivity contribution in [1.82, 2.24) is 20.1 Å². The van der Waals surface area contributed by atoms with Crippen molar-refractivity contribution in [3.63, 3.8) is 0 Å². The highest BCUT2D eigenvalue weighted by atomic mass is 16.5. The van der Waals surface area contributed by atoms with Gasteiger partial charge in [0.25, 0.3) is 0 Å². The van der Waals surface area contributed by atoms with Gasteiger partial charge in [-0.05, 0) is 25.3 Å². The van der Waals surface area contributed by atoms with Crippen LogP contribution in [-0.2, 0) is 11.2 Å². The van der Waals surface area contributed by atoms with Crippen molar-refractivity contribution in [2.24, 2.45) is 0 Å². The molecule has 7 heteroatoms. The first-order chi connectivity index (χ1) is 9.15. The zero-order chi connectivity index (χ0) is 13.7. The first-order valence-corrected chi connectivity index (χ1v) is 5.98. The summed E-state index contributed by atoms with van der Waals surface area (Å²) in [5, 5.41) is 12.3. The fourth-order valence-corrected chi connectivity index (χ4v) is 1.51. The van der Waals surface area contributed by atoms with Crippen molar-refractivity contribution in [2.75, 3.05) is 0 Å². The van der Waals surface area contributed by atoms with Gasteiger partial charge in [-0.25, -0.2) is 9.97 Å². The Morgan fingerprint density at radius 3 is 2.68 bits per heavy atom. The monoisotopic (exact) mass is 262 g/mol. The van der Waals surface area contributed by atoms with Crippen molar-refractivity contribution in [2.45, 2.75) is 32.6 Å². The van der Waals surface area contributed by atoms with E-state index in [1.165, 1.54) is 0 Å². The highest BCUT2D eigenvalue weighted by Gasteiger charge is 2.10. The van der Waals surface area contributed by atoms with E-state index in [9.17, 15) is 4.79 Å². The molecular formula is C12H14N4O3. The van der Waals surface area contributed by atoms with Gasteiger partial charge in [-0.15, -0.1) is 0 Å². The van der Waals surface area contributed by atoms with E-state index in [-0.39, 0.29) is 6.42 Å². The number of rotatable bonds is 6. The molecule has 2 rings (SSSR count). The van der Waals surface area contributed by atoms with Crippen LogP contribution < -0.4 is 0 Å². The Bertz CT molecular complexity index is 550. The predicted octanol–water partition coefficient (Wildman–Crippen LogP) is 1.63. The Kier molecular flexibility index (Phi) is 4.17. The third-order valence-electron chi connectivity index (χ3n) is 2.48. The molecule has 100 valence electrons. The van der Waals surface area contributed by atoms with Gasteiger partial charge in [0.15, 0.2) is 0 Å². The van der Waals surface area contributed by atoms with E-state index in [1.807, 2.05) is 6.92 Å². The summed E-state index contributed by atoms with van der Waals surface area (Å²) in [6.45, 7) is 1.90. The van der Waals surface area contributed by atoms with Crippen LogP contribution in [0.25, 0.3) is 11.6 Å². The van der Waals surface area contributed by atoms with Crippen molar-refractivity contribution in [3.8, 4) is 11.6 Å². The van der Waals surface area contributed by atoms with Crippen LogP contribution in [-0.4, -0.2) is 31.2 Å². The fraction of sp³-hybridized carbons (Fsp3) is 0.417. The normalized spacial score (nSPS) is 10.6. The summed E-state index contributed by atoms with van der Waals surface area (Å²) >= 11 is 0. The number of aliphatic carboxylic acids is 1. The number of carboxylic acid groups (broad SMARTS) is 1. The summed E-state index contributed by atoms with van der Waals surface area (Å²) in [6, 6.07) is 0. The average Bonchev–Trinajstić information content (AvgIpc) is 2.84. The molecule has 0 atom stereocenters. The minimum atomic E-state index is -0.792. The van der Waals surface area contributed by atoms with Crippen LogP contribution in [0.4, 0.5) is 0 Å². The Balaban J connectivity index is 1.91. The van der Waals surface area contributed by atoms with E-state index < -0.39 is 5.97 Å². The molecule has 0 aliphatic carbocycles. The van der Waals surface area contributed by atoms with Crippen LogP contribution in [0.5, 0.6) is 0 Å². The average molecular weight is 262 g/mol. The number of aromatic nitrogens is 4. The second-order valence-corrected chi connectivity index (χ2v) is 4.20. The van der Waals surface area contributed by atoms with Gasteiger partial charge in [-0.2, -0.15) is 4.98 Å². The van der Waals surface area contributed by atoms with Gasteiger partial charge in [-0.3, -0.25) is 4.79 Å². The highest BCUT2D eigenvalue weighted by Crippen LogP contribution is 2.12. The Hall–Kier alpha value is -2.31. The fourth-order valence-electron chi connectivity index (χ4n) is 1.51. The maximum atomic E-state index is 10.4. The zero-order valence-corrected chi connectivity index (χ0v) is 10.5. The van der Waals surface area contributed by atoms with Gasteiger partial charge >= 0.3 is 5.97 Å². The lowest BCUT2D eigenvalue weighted by Gasteiger charge is -1.93. The first-order valence-electron chi connectivity index (χ1n) is 5.98. The van der Waals surface area contributed by atoms with E-state index in [1.54, 1.807) is 12.4 Å². The maximum Gasteiger partial charge on any atom is 0.303 e. The van der Waals surface area contributed by atoms with Crippen molar-refractivity contribution in [3.05, 3.63) is 23.8 Å². The van der Waals surface area contributed by atoms with Crippen LogP contribution in [0, 0.1) is 6.92 Å². The summed E-state index contributed by atoms with van der Waals surface area (Å²) in [7, 11) is 0. The zero-order valence-electron chi connectivity index (χ0n) is 10.5. The van der Waals surface area contributed by atoms with Gasteiger partial charge in [0.1, 0.15) is 0 Å². The topological polar surface area (TPSA) is 102 Å². The number of carbonyl (C=O) groups is 1. The Labute approximate surface area is 109 Å². The molecule has 0 fully saturated rings. The number of hydrogen-bond donors (Lipinski definition) is 1. The smallest absolute Gasteiger partial charge is 0.303 e. The lowest BCUT2D eigenvalue weighted by atomic mass is 10.2. The lowest BCUT2D eigenvalue weighted by Crippen LogP contribution is -1.95. The molecule has 0 radical (unpaired) electrons. The number of carboxylic acids is 1. The third kappa shape index (κ3) is 3.84. The Morgan fingerprint density at radius 1 is 1.26 bits per heavy atom. The molecular weight excluding hydrogens is 248 g/mol. The standard InChI is InChI=1S/C12H14N4O3/c1-8-6-13-11(14-7-8)12-15-9(19-16-12)4-2-3-5-10(17)18/h6-7H,2-5H2,1H3,(H,17,18). The van der Waals surface area contributed by atoms with E-state index in [4.69, 9.17) is 9.63 Å². The highest BCUT2D eigenvalue weighted by molar-refractivity contribution is 5.66. The van der Waals surface area contributed by atoms with Gasteiger partial charge in [0.2, 0.25) is 17.5 Å². The molecule has 2 aromatic rings. The summed E-state index contributed by atoms with van der Waals surface area (Å²) in [6.07, 6.45) is 5.38. The molecule has 0 amide bonds. The largest absolute Gasteiger partial charge is 0.481 e. The van der Waals surface area contributed by atoms with Gasteiger partial charge in [0, 0.05) is 25.2 Å². The minimum absolute atomic E-state index is 0.155. The van der Waals surface area contributed by atoms with Gasteiger partial charge in [-0.1, -0.05) is 5.16 Å². The summed E-state index contributed by atoms with van der Waals surface area (Å²) in [5.74, 6) is 0.461. The van der Waals surface area contributed by atoms with Crippen LogP contribution in [0.1, 0.15) is 30.7 Å². The number of hydrogen-bond acceptors (Lipinski definition) is 6. The van der Waals surface area contributed by atoms with Crippen LogP contribution in [0.3, 0.4) is 0 Å². The van der Waals surface area contributed by atoms with Crippen LogP contribution in [0.15, 0.2) is 16.9 Å². The molecule has 0 bridgehead atoms. The van der Waals surface area contributed by atoms with E-state index >= 15 is 0 Å². The Morgan fingerprint density at radius 2 is 2.00 bits per heavy atom. The molecule has 0 aliphatic rings. The quantitative estimate of drug-likeness (QED) is 0.789. The molecule has 19 heavy (non-hydrogen) atoms. The molecule has 7 nitrogen and oxygen atoms in total. The molecule has 0 aliphatic heterocycles. The second kappa shape index (κ2) is 6.03. The third-order valence-corrected chi connectivity index (χ3v) is 2.48. The molecule has 0 saturated heterocycles. The van der Waals surface area contributed by atoms with Crippen molar-refractivity contribution in [1.29, 1.82) is 0 Å². The van der Waals surface area contributed by atoms with Gasteiger partial charge < -0.3 is 9.63 Å². The molecule has 2 heterocycles. The second-order valence-electron chi connectivity index (χ2n) is 4.20. The van der Waals surface area contributed by atoms with E-state index in [2.05, 4.69) is 20.1 Å². The first kappa shape index (κ1) is 13.1. The predicted molar refractivity (Wildman–Crippen MR) is 65.3 cm³/mol. The van der Waals surface area contributed by atoms with Gasteiger partial charge in [0.05, 0.1) is 0 Å². The minimum Gasteiger partial charge on any atom is -0.481 e.